The summed E-state index contributed by atoms with van der Waals surface area (Å²) in [5.41, 5.74) is 8.71. The number of amides is 1. The fourth-order valence-corrected chi connectivity index (χ4v) is 6.97. The van der Waals surface area contributed by atoms with Gasteiger partial charge in [-0.3, -0.25) is 19.4 Å². The lowest BCUT2D eigenvalue weighted by atomic mass is 10.1. The summed E-state index contributed by atoms with van der Waals surface area (Å²) in [4.78, 5) is 43.8. The second-order valence-corrected chi connectivity index (χ2v) is 15.1. The minimum Gasteiger partial charge on any atom is -0.496 e. The van der Waals surface area contributed by atoms with E-state index in [2.05, 4.69) is 44.4 Å². The maximum absolute atomic E-state index is 14.4. The maximum Gasteiger partial charge on any atom is 0.317 e. The molecule has 0 aliphatic rings. The zero-order valence-electron chi connectivity index (χ0n) is 34.9. The number of nitrogens with one attached hydrogen (secondary N) is 2. The van der Waals surface area contributed by atoms with Crippen molar-refractivity contribution in [2.24, 2.45) is 5.73 Å². The monoisotopic (exact) mass is 891 g/mol. The number of benzene rings is 4. The van der Waals surface area contributed by atoms with Crippen LogP contribution in [-0.2, 0) is 22.7 Å². The zero-order chi connectivity index (χ0) is 44.8. The Morgan fingerprint density at radius 2 is 1.15 bits per heavy atom. The highest BCUT2D eigenvalue weighted by molar-refractivity contribution is 6.31. The number of hydrogen-bond acceptors (Lipinski definition) is 12. The van der Waals surface area contributed by atoms with Gasteiger partial charge in [0.05, 0.1) is 59.8 Å². The lowest BCUT2D eigenvalue weighted by Gasteiger charge is -2.22. The fraction of sp³-hybridized carbons (Fsp3) is 0.318. The number of carbonyl (C=O) groups excluding carboxylic acids is 1. The highest BCUT2D eigenvalue weighted by atomic mass is 35.5. The smallest absolute Gasteiger partial charge is 0.317 e. The number of rotatable bonds is 20. The molecule has 14 nitrogen and oxygen atoms in total. The van der Waals surface area contributed by atoms with Gasteiger partial charge in [0, 0.05) is 47.1 Å². The van der Waals surface area contributed by atoms with Gasteiger partial charge in [-0.05, 0) is 62.3 Å². The number of nitrogens with two attached hydrogens (primary N) is 1. The molecule has 0 saturated heterocycles. The van der Waals surface area contributed by atoms with Crippen LogP contribution in [-0.4, -0.2) is 87.1 Å². The highest BCUT2D eigenvalue weighted by Gasteiger charge is 2.19. The average Bonchev–Trinajstić information content (AvgIpc) is 3.25. The van der Waals surface area contributed by atoms with Crippen molar-refractivity contribution >= 4 is 79.9 Å². The molecule has 0 radical (unpaired) electrons. The van der Waals surface area contributed by atoms with Crippen molar-refractivity contribution in [1.82, 2.24) is 29.7 Å². The summed E-state index contributed by atoms with van der Waals surface area (Å²) < 4.78 is 39.8. The Hall–Kier alpha value is -5.94. The van der Waals surface area contributed by atoms with Crippen LogP contribution in [0.15, 0.2) is 73.3 Å². The van der Waals surface area contributed by atoms with Gasteiger partial charge in [0.25, 0.3) is 0 Å². The number of aliphatic carboxylic acids is 1. The number of ether oxygens (including phenoxy) is 2. The normalized spacial score (nSPS) is 11.1. The number of hydrogen-bond donors (Lipinski definition) is 4. The van der Waals surface area contributed by atoms with Gasteiger partial charge in [0.15, 0.2) is 11.6 Å². The number of fused-ring (bicyclic) bond motifs is 2. The predicted octanol–water partition coefficient (Wildman–Crippen LogP) is 9.12. The SMILES string of the molecule is CCCCN(CC(=O)O)Cc1cc2c(Nc3cccc(Cl)c3F)ncnc2cc1OC.CCCCN(CC(N)=O)Cc1cc2c(Nc3cccc(Cl)c3F)ncnc2cc1OC. The van der Waals surface area contributed by atoms with Crippen molar-refractivity contribution in [3.05, 3.63) is 106 Å². The molecule has 0 fully saturated rings. The van der Waals surface area contributed by atoms with Crippen LogP contribution in [0.5, 0.6) is 11.5 Å². The Balaban J connectivity index is 0.000000234. The van der Waals surface area contributed by atoms with Crippen LogP contribution in [0.1, 0.15) is 50.7 Å². The first kappa shape index (κ1) is 47.1. The molecule has 0 aliphatic carbocycles. The van der Waals surface area contributed by atoms with E-state index >= 15 is 0 Å². The van der Waals surface area contributed by atoms with Crippen LogP contribution in [0.3, 0.4) is 0 Å². The highest BCUT2D eigenvalue weighted by Crippen LogP contribution is 2.34. The number of unbranched alkanes of at least 4 members (excludes halogenated alkanes) is 2. The molecule has 2 aromatic heterocycles. The molecule has 0 saturated carbocycles. The van der Waals surface area contributed by atoms with Crippen LogP contribution in [0.4, 0.5) is 31.8 Å². The van der Waals surface area contributed by atoms with E-state index in [0.29, 0.717) is 64.6 Å². The number of primary amides is 1. The third-order valence-corrected chi connectivity index (χ3v) is 10.3. The third kappa shape index (κ3) is 12.6. The van der Waals surface area contributed by atoms with E-state index in [1.54, 1.807) is 50.6 Å². The average molecular weight is 893 g/mol. The first-order valence-electron chi connectivity index (χ1n) is 19.9. The Bertz CT molecular complexity index is 2330. The van der Waals surface area contributed by atoms with Gasteiger partial charge >= 0.3 is 5.97 Å². The van der Waals surface area contributed by atoms with Crippen LogP contribution in [0.2, 0.25) is 10.0 Å². The fourth-order valence-electron chi connectivity index (χ4n) is 6.62. The number of carbonyl (C=O) groups is 2. The summed E-state index contributed by atoms with van der Waals surface area (Å²) in [5, 5.41) is 16.6. The zero-order valence-corrected chi connectivity index (χ0v) is 36.4. The van der Waals surface area contributed by atoms with Crippen LogP contribution < -0.4 is 25.8 Å². The third-order valence-electron chi connectivity index (χ3n) is 9.67. The number of carboxylic acids is 1. The van der Waals surface area contributed by atoms with Gasteiger partial charge in [-0.1, -0.05) is 62.0 Å². The Kier molecular flexibility index (Phi) is 17.3. The molecule has 5 N–H and O–H groups in total. The van der Waals surface area contributed by atoms with Crippen molar-refractivity contribution in [2.75, 3.05) is 51.0 Å². The molecule has 0 bridgehead atoms. The first-order chi connectivity index (χ1) is 29.8. The number of anilines is 4. The molecule has 0 unspecified atom stereocenters. The first-order valence-corrected chi connectivity index (χ1v) is 20.6. The molecular formula is C44H49Cl2F2N9O5. The molecule has 0 spiro atoms. The lowest BCUT2D eigenvalue weighted by Crippen LogP contribution is -2.34. The van der Waals surface area contributed by atoms with Crippen molar-refractivity contribution < 1.29 is 33.0 Å². The molecule has 0 aliphatic heterocycles. The molecule has 4 aromatic carbocycles. The molecule has 6 rings (SSSR count). The standard InChI is InChI=1S/C22H25ClFN5O2.C22H24ClFN4O3/c1-3-4-8-29(12-20(25)30)11-14-9-15-18(10-19(14)31-2)26-13-27-22(15)28-17-7-5-6-16(23)21(17)24;1-3-4-8-28(12-20(29)30)11-14-9-15-18(10-19(14)31-2)25-13-26-22(15)27-17-7-5-6-16(23)21(17)24/h5-7,9-10,13H,3-4,8,11-12H2,1-2H3,(H2,25,30)(H,26,27,28);5-7,9-10,13H,3-4,8,11-12H2,1-2H3,(H,29,30)(H,25,26,27). The number of halogens is 4. The van der Waals surface area contributed by atoms with Gasteiger partial charge in [0.1, 0.15) is 35.8 Å². The van der Waals surface area contributed by atoms with E-state index in [0.717, 1.165) is 43.4 Å². The number of nitrogens with zero attached hydrogens (tertiary/aromatic N) is 6. The van der Waals surface area contributed by atoms with Gasteiger partial charge in [0.2, 0.25) is 5.91 Å². The molecular weight excluding hydrogens is 843 g/mol. The predicted molar refractivity (Wildman–Crippen MR) is 239 cm³/mol. The summed E-state index contributed by atoms with van der Waals surface area (Å²) >= 11 is 11.8. The van der Waals surface area contributed by atoms with Gasteiger partial charge < -0.3 is 30.9 Å². The quantitative estimate of drug-likeness (QED) is 0.0570. The second kappa shape index (κ2) is 22.8. The van der Waals surface area contributed by atoms with Crippen LogP contribution in [0, 0.1) is 11.6 Å². The van der Waals surface area contributed by atoms with Crippen molar-refractivity contribution in [1.29, 1.82) is 0 Å². The molecule has 6 aromatic rings. The van der Waals surface area contributed by atoms with Crippen LogP contribution in [0.25, 0.3) is 21.8 Å². The Morgan fingerprint density at radius 3 is 1.53 bits per heavy atom. The molecule has 328 valence electrons. The van der Waals surface area contributed by atoms with E-state index in [-0.39, 0.29) is 34.5 Å². The van der Waals surface area contributed by atoms with Crippen molar-refractivity contribution in [3.8, 4) is 11.5 Å². The summed E-state index contributed by atoms with van der Waals surface area (Å²) in [6, 6.07) is 16.7. The lowest BCUT2D eigenvalue weighted by molar-refractivity contribution is -0.138. The summed E-state index contributed by atoms with van der Waals surface area (Å²) in [5.74, 6) is -0.335. The molecule has 62 heavy (non-hydrogen) atoms. The van der Waals surface area contributed by atoms with E-state index in [1.807, 2.05) is 21.9 Å². The van der Waals surface area contributed by atoms with E-state index in [4.69, 9.17) is 38.4 Å². The summed E-state index contributed by atoms with van der Waals surface area (Å²) in [6.07, 6.45) is 6.55. The topological polar surface area (TPSA) is 181 Å². The van der Waals surface area contributed by atoms with E-state index in [1.165, 1.54) is 24.8 Å². The maximum atomic E-state index is 14.4. The second-order valence-electron chi connectivity index (χ2n) is 14.2. The summed E-state index contributed by atoms with van der Waals surface area (Å²) in [7, 11) is 3.14. The molecule has 2 heterocycles. The van der Waals surface area contributed by atoms with E-state index in [9.17, 15) is 23.5 Å². The van der Waals surface area contributed by atoms with Gasteiger partial charge in [-0.25, -0.2) is 28.7 Å². The van der Waals surface area contributed by atoms with Crippen LogP contribution >= 0.6 is 23.2 Å². The molecule has 0 atom stereocenters. The molecule has 1 amide bonds. The number of aromatic nitrogens is 4. The van der Waals surface area contributed by atoms with Crippen molar-refractivity contribution in [3.63, 3.8) is 0 Å². The minimum absolute atomic E-state index is 0.00552. The largest absolute Gasteiger partial charge is 0.496 e. The number of carboxylic acid groups (broad SMARTS) is 1. The number of methoxy groups -OCH3 is 2. The van der Waals surface area contributed by atoms with E-state index < -0.39 is 23.5 Å². The Morgan fingerprint density at radius 1 is 0.710 bits per heavy atom. The van der Waals surface area contributed by atoms with Gasteiger partial charge in [-0.2, -0.15) is 0 Å². The molecule has 18 heteroatoms. The minimum atomic E-state index is -0.891. The summed E-state index contributed by atoms with van der Waals surface area (Å²) in [6.45, 7) is 6.42. The van der Waals surface area contributed by atoms with Crippen molar-refractivity contribution in [2.45, 2.75) is 52.6 Å². The van der Waals surface area contributed by atoms with Gasteiger partial charge in [-0.15, -0.1) is 0 Å². The Labute approximate surface area is 368 Å².